The molecule has 1 nitrogen and oxygen atoms in total. The van der Waals surface area contributed by atoms with Gasteiger partial charge in [0.05, 0.1) is 6.04 Å². The highest BCUT2D eigenvalue weighted by molar-refractivity contribution is 5.20. The Morgan fingerprint density at radius 1 is 1.25 bits per heavy atom. The molecule has 0 amide bonds. The van der Waals surface area contributed by atoms with Gasteiger partial charge in [0.2, 0.25) is 0 Å². The molecule has 1 rings (SSSR count). The molecule has 66 valence electrons. The van der Waals surface area contributed by atoms with E-state index < -0.39 is 18.3 Å². The molecule has 0 radical (unpaired) electrons. The zero-order chi connectivity index (χ0) is 9.14. The summed E-state index contributed by atoms with van der Waals surface area (Å²) in [6, 6.07) is 3.52. The lowest BCUT2D eigenvalue weighted by molar-refractivity contribution is 0.116. The Bertz CT molecular complexity index is 262. The molecule has 1 atom stereocenters. The Hall–Kier alpha value is -1.03. The van der Waals surface area contributed by atoms with Crippen molar-refractivity contribution in [3.8, 4) is 0 Å². The summed E-state index contributed by atoms with van der Waals surface area (Å²) in [7, 11) is 0. The van der Waals surface area contributed by atoms with Gasteiger partial charge in [-0.05, 0) is 17.7 Å². The summed E-state index contributed by atoms with van der Waals surface area (Å²) in [5.41, 5.74) is 5.21. The summed E-state index contributed by atoms with van der Waals surface area (Å²) in [6.45, 7) is 0. The van der Waals surface area contributed by atoms with E-state index in [0.717, 1.165) is 6.07 Å². The average molecular weight is 175 g/mol. The van der Waals surface area contributed by atoms with Gasteiger partial charge < -0.3 is 5.73 Å². The first-order chi connectivity index (χ1) is 5.61. The first kappa shape index (κ1) is 9.06. The predicted octanol–water partition coefficient (Wildman–Crippen LogP) is 2.09. The molecule has 0 bridgehead atoms. The summed E-state index contributed by atoms with van der Waals surface area (Å²) in [5, 5.41) is 0. The number of rotatable bonds is 2. The Kier molecular flexibility index (Phi) is 2.70. The summed E-state index contributed by atoms with van der Waals surface area (Å²) in [4.78, 5) is 0. The fourth-order valence-electron chi connectivity index (χ4n) is 0.859. The van der Waals surface area contributed by atoms with Crippen LogP contribution in [0.3, 0.4) is 0 Å². The maximum atomic E-state index is 12.5. The number of alkyl halides is 2. The van der Waals surface area contributed by atoms with E-state index in [-0.39, 0.29) is 5.56 Å². The highest BCUT2D eigenvalue weighted by atomic mass is 19.3. The summed E-state index contributed by atoms with van der Waals surface area (Å²) < 4.78 is 36.5. The summed E-state index contributed by atoms with van der Waals surface area (Å²) >= 11 is 0. The molecular formula is C8H8F3N. The normalized spacial score (nSPS) is 13.4. The van der Waals surface area contributed by atoms with Gasteiger partial charge in [-0.2, -0.15) is 0 Å². The molecule has 0 aromatic heterocycles. The van der Waals surface area contributed by atoms with E-state index in [1.54, 1.807) is 0 Å². The van der Waals surface area contributed by atoms with E-state index in [2.05, 4.69) is 0 Å². The van der Waals surface area contributed by atoms with E-state index in [0.29, 0.717) is 0 Å². The van der Waals surface area contributed by atoms with Crippen LogP contribution in [0.4, 0.5) is 13.2 Å². The standard InChI is InChI=1S/C8H8F3N/c9-6-3-1-2-5(4-6)7(12)8(10)11/h1-4,7-8H,12H2/t7-/m1/s1. The van der Waals surface area contributed by atoms with E-state index in [1.807, 2.05) is 0 Å². The van der Waals surface area contributed by atoms with Gasteiger partial charge in [-0.1, -0.05) is 12.1 Å². The zero-order valence-electron chi connectivity index (χ0n) is 6.18. The van der Waals surface area contributed by atoms with Crippen molar-refractivity contribution in [3.63, 3.8) is 0 Å². The molecule has 0 saturated heterocycles. The topological polar surface area (TPSA) is 26.0 Å². The zero-order valence-corrected chi connectivity index (χ0v) is 6.18. The molecule has 4 heteroatoms. The third-order valence-electron chi connectivity index (χ3n) is 1.51. The lowest BCUT2D eigenvalue weighted by Crippen LogP contribution is -2.18. The molecule has 0 aliphatic rings. The van der Waals surface area contributed by atoms with Crippen LogP contribution in [-0.4, -0.2) is 6.43 Å². The largest absolute Gasteiger partial charge is 0.319 e. The van der Waals surface area contributed by atoms with Gasteiger partial charge in [0.15, 0.2) is 0 Å². The number of nitrogens with two attached hydrogens (primary N) is 1. The smallest absolute Gasteiger partial charge is 0.257 e. The molecule has 0 aliphatic carbocycles. The minimum absolute atomic E-state index is 0.116. The van der Waals surface area contributed by atoms with Gasteiger partial charge in [-0.25, -0.2) is 13.2 Å². The first-order valence-corrected chi connectivity index (χ1v) is 3.40. The van der Waals surface area contributed by atoms with Gasteiger partial charge >= 0.3 is 0 Å². The number of hydrogen-bond acceptors (Lipinski definition) is 1. The van der Waals surface area contributed by atoms with E-state index in [9.17, 15) is 13.2 Å². The second kappa shape index (κ2) is 3.58. The number of benzene rings is 1. The molecule has 2 N–H and O–H groups in total. The Balaban J connectivity index is 2.88. The fraction of sp³-hybridized carbons (Fsp3) is 0.250. The van der Waals surface area contributed by atoms with Crippen LogP contribution < -0.4 is 5.73 Å². The quantitative estimate of drug-likeness (QED) is 0.731. The van der Waals surface area contributed by atoms with Crippen LogP contribution in [0.25, 0.3) is 0 Å². The van der Waals surface area contributed by atoms with Crippen LogP contribution in [0.2, 0.25) is 0 Å². The molecule has 0 heterocycles. The van der Waals surface area contributed by atoms with Crippen molar-refractivity contribution in [1.82, 2.24) is 0 Å². The van der Waals surface area contributed by atoms with Gasteiger partial charge in [0.25, 0.3) is 6.43 Å². The molecule has 0 aliphatic heterocycles. The van der Waals surface area contributed by atoms with Crippen LogP contribution in [0.15, 0.2) is 24.3 Å². The Labute approximate surface area is 68.0 Å². The molecule has 0 spiro atoms. The molecule has 12 heavy (non-hydrogen) atoms. The van der Waals surface area contributed by atoms with Crippen LogP contribution >= 0.6 is 0 Å². The van der Waals surface area contributed by atoms with Crippen LogP contribution in [0.5, 0.6) is 0 Å². The maximum absolute atomic E-state index is 12.5. The number of hydrogen-bond donors (Lipinski definition) is 1. The third-order valence-corrected chi connectivity index (χ3v) is 1.51. The third kappa shape index (κ3) is 1.98. The number of halogens is 3. The highest BCUT2D eigenvalue weighted by Gasteiger charge is 2.17. The Morgan fingerprint density at radius 2 is 1.92 bits per heavy atom. The average Bonchev–Trinajstić information content (AvgIpc) is 2.03. The molecule has 0 unspecified atom stereocenters. The molecular weight excluding hydrogens is 167 g/mol. The fourth-order valence-corrected chi connectivity index (χ4v) is 0.859. The minimum atomic E-state index is -2.66. The van der Waals surface area contributed by atoms with Crippen LogP contribution in [-0.2, 0) is 0 Å². The van der Waals surface area contributed by atoms with Crippen molar-refractivity contribution in [3.05, 3.63) is 35.6 Å². The van der Waals surface area contributed by atoms with Crippen molar-refractivity contribution in [2.45, 2.75) is 12.5 Å². The summed E-state index contributed by atoms with van der Waals surface area (Å²) in [5.74, 6) is -0.552. The van der Waals surface area contributed by atoms with Crippen molar-refractivity contribution >= 4 is 0 Å². The Morgan fingerprint density at radius 3 is 2.42 bits per heavy atom. The monoisotopic (exact) mass is 175 g/mol. The van der Waals surface area contributed by atoms with Crippen molar-refractivity contribution in [2.75, 3.05) is 0 Å². The predicted molar refractivity (Wildman–Crippen MR) is 39.3 cm³/mol. The SMILES string of the molecule is N[C@H](c1cccc(F)c1)C(F)F. The second-order valence-electron chi connectivity index (χ2n) is 2.42. The van der Waals surface area contributed by atoms with Crippen molar-refractivity contribution < 1.29 is 13.2 Å². The van der Waals surface area contributed by atoms with E-state index in [4.69, 9.17) is 5.73 Å². The van der Waals surface area contributed by atoms with Crippen molar-refractivity contribution in [2.24, 2.45) is 5.73 Å². The van der Waals surface area contributed by atoms with E-state index in [1.165, 1.54) is 18.2 Å². The van der Waals surface area contributed by atoms with Crippen molar-refractivity contribution in [1.29, 1.82) is 0 Å². The molecule has 1 aromatic rings. The van der Waals surface area contributed by atoms with E-state index >= 15 is 0 Å². The van der Waals surface area contributed by atoms with Gasteiger partial charge in [0.1, 0.15) is 5.82 Å². The minimum Gasteiger partial charge on any atom is -0.319 e. The van der Waals surface area contributed by atoms with Gasteiger partial charge in [-0.3, -0.25) is 0 Å². The molecule has 0 fully saturated rings. The van der Waals surface area contributed by atoms with Gasteiger partial charge in [0, 0.05) is 0 Å². The van der Waals surface area contributed by atoms with Gasteiger partial charge in [-0.15, -0.1) is 0 Å². The van der Waals surface area contributed by atoms with Crippen LogP contribution in [0, 0.1) is 5.82 Å². The highest BCUT2D eigenvalue weighted by Crippen LogP contribution is 2.17. The molecule has 0 saturated carbocycles. The first-order valence-electron chi connectivity index (χ1n) is 3.40. The molecule has 1 aromatic carbocycles. The lowest BCUT2D eigenvalue weighted by atomic mass is 10.1. The lowest BCUT2D eigenvalue weighted by Gasteiger charge is -2.09. The summed E-state index contributed by atoms with van der Waals surface area (Å²) in [6.07, 6.45) is -2.66. The second-order valence-corrected chi connectivity index (χ2v) is 2.42. The maximum Gasteiger partial charge on any atom is 0.257 e. The van der Waals surface area contributed by atoms with Crippen LogP contribution in [0.1, 0.15) is 11.6 Å².